The zero-order chi connectivity index (χ0) is 16.2. The van der Waals surface area contributed by atoms with E-state index >= 15 is 0 Å². The highest BCUT2D eigenvalue weighted by molar-refractivity contribution is 4.88. The number of ether oxygens (including phenoxy) is 2. The molecule has 5 nitrogen and oxygen atoms in total. The number of hydrogen-bond donors (Lipinski definition) is 3. The average Bonchev–Trinajstić information content (AvgIpc) is 2.89. The summed E-state index contributed by atoms with van der Waals surface area (Å²) in [7, 11) is 0. The van der Waals surface area contributed by atoms with E-state index in [2.05, 4.69) is 19.1 Å². The molecule has 1 aliphatic rings. The van der Waals surface area contributed by atoms with Crippen molar-refractivity contribution in [3.63, 3.8) is 0 Å². The second kappa shape index (κ2) is 12.0. The third kappa shape index (κ3) is 7.20. The number of rotatable bonds is 12. The van der Waals surface area contributed by atoms with Crippen molar-refractivity contribution in [2.24, 2.45) is 0 Å². The summed E-state index contributed by atoms with van der Waals surface area (Å²) in [6.07, 6.45) is 9.46. The molecule has 1 fully saturated rings. The van der Waals surface area contributed by atoms with E-state index < -0.39 is 31.0 Å². The summed E-state index contributed by atoms with van der Waals surface area (Å²) >= 11 is 0. The van der Waals surface area contributed by atoms with Crippen molar-refractivity contribution in [3.8, 4) is 0 Å². The fourth-order valence-corrected chi connectivity index (χ4v) is 2.56. The molecule has 0 unspecified atom stereocenters. The quantitative estimate of drug-likeness (QED) is 0.378. The molecule has 5 heteroatoms. The normalized spacial score (nSPS) is 26.8. The molecule has 4 atom stereocenters. The molecule has 1 aliphatic heterocycles. The van der Waals surface area contributed by atoms with Crippen LogP contribution in [0.2, 0.25) is 0 Å². The fraction of sp³-hybridized carbons (Fsp3) is 0.882. The maximum absolute atomic E-state index is 9.97. The van der Waals surface area contributed by atoms with Crippen LogP contribution in [0.25, 0.3) is 0 Å². The number of aliphatic hydroxyl groups excluding tert-OH is 3. The van der Waals surface area contributed by atoms with Crippen LogP contribution in [0.1, 0.15) is 51.9 Å². The van der Waals surface area contributed by atoms with Gasteiger partial charge in [0.05, 0.1) is 13.2 Å². The minimum Gasteiger partial charge on any atom is -0.394 e. The van der Waals surface area contributed by atoms with Crippen molar-refractivity contribution < 1.29 is 24.8 Å². The van der Waals surface area contributed by atoms with Crippen LogP contribution in [-0.2, 0) is 9.47 Å². The first kappa shape index (κ1) is 19.6. The lowest BCUT2D eigenvalue weighted by atomic mass is 10.1. The number of hydrogen-bond acceptors (Lipinski definition) is 5. The van der Waals surface area contributed by atoms with E-state index in [0.29, 0.717) is 6.61 Å². The van der Waals surface area contributed by atoms with Crippen molar-refractivity contribution in [3.05, 3.63) is 12.2 Å². The topological polar surface area (TPSA) is 79.2 Å². The molecule has 0 radical (unpaired) electrons. The number of aliphatic hydroxyl groups is 3. The highest BCUT2D eigenvalue weighted by Gasteiger charge is 2.40. The first-order valence-corrected chi connectivity index (χ1v) is 8.55. The van der Waals surface area contributed by atoms with Crippen molar-refractivity contribution in [1.29, 1.82) is 0 Å². The second-order valence-corrected chi connectivity index (χ2v) is 5.91. The summed E-state index contributed by atoms with van der Waals surface area (Å²) in [5, 5.41) is 28.3. The van der Waals surface area contributed by atoms with Gasteiger partial charge in [0.1, 0.15) is 24.4 Å². The predicted octanol–water partition coefficient (Wildman–Crippen LogP) is 1.79. The molecule has 1 saturated heterocycles. The lowest BCUT2D eigenvalue weighted by molar-refractivity contribution is -0.0730. The van der Waals surface area contributed by atoms with E-state index in [9.17, 15) is 10.2 Å². The fourth-order valence-electron chi connectivity index (χ4n) is 2.56. The Morgan fingerprint density at radius 3 is 2.64 bits per heavy atom. The van der Waals surface area contributed by atoms with Gasteiger partial charge in [0.2, 0.25) is 0 Å². The van der Waals surface area contributed by atoms with Gasteiger partial charge >= 0.3 is 0 Å². The first-order chi connectivity index (χ1) is 10.7. The summed E-state index contributed by atoms with van der Waals surface area (Å²) in [5.41, 5.74) is 0. The van der Waals surface area contributed by atoms with E-state index in [1.807, 2.05) is 0 Å². The van der Waals surface area contributed by atoms with Crippen LogP contribution in [0, 0.1) is 0 Å². The Labute approximate surface area is 133 Å². The molecule has 0 aliphatic carbocycles. The van der Waals surface area contributed by atoms with Crippen LogP contribution in [0.15, 0.2) is 12.2 Å². The van der Waals surface area contributed by atoms with Gasteiger partial charge in [-0.15, -0.1) is 0 Å². The van der Waals surface area contributed by atoms with Crippen LogP contribution in [0.3, 0.4) is 0 Å². The van der Waals surface area contributed by atoms with Crippen LogP contribution in [-0.4, -0.2) is 59.6 Å². The molecule has 0 saturated carbocycles. The molecule has 0 spiro atoms. The molecular formula is C17H32O5. The molecule has 1 heterocycles. The summed E-state index contributed by atoms with van der Waals surface area (Å²) in [5.74, 6) is 0. The Morgan fingerprint density at radius 1 is 1.18 bits per heavy atom. The van der Waals surface area contributed by atoms with E-state index in [1.54, 1.807) is 0 Å². The van der Waals surface area contributed by atoms with Gasteiger partial charge in [-0.25, -0.2) is 0 Å². The van der Waals surface area contributed by atoms with E-state index in [0.717, 1.165) is 19.3 Å². The third-order valence-electron chi connectivity index (χ3n) is 3.96. The number of unbranched alkanes of at least 4 members (excludes halogenated alkanes) is 5. The van der Waals surface area contributed by atoms with Crippen molar-refractivity contribution in [1.82, 2.24) is 0 Å². The summed E-state index contributed by atoms with van der Waals surface area (Å²) in [4.78, 5) is 0. The monoisotopic (exact) mass is 316 g/mol. The second-order valence-electron chi connectivity index (χ2n) is 5.91. The van der Waals surface area contributed by atoms with Crippen LogP contribution < -0.4 is 0 Å². The van der Waals surface area contributed by atoms with Crippen molar-refractivity contribution >= 4 is 0 Å². The van der Waals surface area contributed by atoms with E-state index in [-0.39, 0.29) is 6.61 Å². The predicted molar refractivity (Wildman–Crippen MR) is 85.7 cm³/mol. The Morgan fingerprint density at radius 2 is 1.91 bits per heavy atom. The summed E-state index contributed by atoms with van der Waals surface area (Å²) < 4.78 is 10.9. The Bertz CT molecular complexity index is 295. The molecule has 22 heavy (non-hydrogen) atoms. The smallest absolute Gasteiger partial charge is 0.114 e. The van der Waals surface area contributed by atoms with Crippen molar-refractivity contribution in [2.75, 3.05) is 19.8 Å². The molecule has 0 amide bonds. The van der Waals surface area contributed by atoms with Gasteiger partial charge in [-0.1, -0.05) is 38.3 Å². The molecule has 130 valence electrons. The maximum Gasteiger partial charge on any atom is 0.114 e. The molecule has 1 rings (SSSR count). The van der Waals surface area contributed by atoms with Gasteiger partial charge in [-0.3, -0.25) is 0 Å². The number of allylic oxidation sites excluding steroid dienone is 2. The van der Waals surface area contributed by atoms with Crippen LogP contribution >= 0.6 is 0 Å². The van der Waals surface area contributed by atoms with Crippen LogP contribution in [0.4, 0.5) is 0 Å². The summed E-state index contributed by atoms with van der Waals surface area (Å²) in [6.45, 7) is 2.63. The molecule has 0 aromatic rings. The molecule has 0 bridgehead atoms. The van der Waals surface area contributed by atoms with E-state index in [4.69, 9.17) is 14.6 Å². The zero-order valence-electron chi connectivity index (χ0n) is 13.7. The molecular weight excluding hydrogens is 284 g/mol. The standard InChI is InChI=1S/C17H32O5/c1-2-3-4-5-6-7-8-9-10-11-21-15-13-22-17(16(15)20)14(19)12-18/h4-5,14-20H,2-3,6-13H2,1H3/b5-4+/t14-,15+,16+,17+/m0/s1. The van der Waals surface area contributed by atoms with Crippen LogP contribution in [0.5, 0.6) is 0 Å². The van der Waals surface area contributed by atoms with Gasteiger partial charge < -0.3 is 24.8 Å². The maximum atomic E-state index is 9.97. The largest absolute Gasteiger partial charge is 0.394 e. The Balaban J connectivity index is 1.99. The minimum atomic E-state index is -1.05. The zero-order valence-corrected chi connectivity index (χ0v) is 13.7. The Kier molecular flexibility index (Phi) is 10.7. The SMILES string of the molecule is CCC/C=C/CCCCCCO[C@@H]1CO[C@H]([C@@H](O)CO)[C@@H]1O. The lowest BCUT2D eigenvalue weighted by Gasteiger charge is -2.20. The van der Waals surface area contributed by atoms with Gasteiger partial charge in [0, 0.05) is 6.61 Å². The summed E-state index contributed by atoms with van der Waals surface area (Å²) in [6, 6.07) is 0. The first-order valence-electron chi connectivity index (χ1n) is 8.55. The Hall–Kier alpha value is -0.460. The van der Waals surface area contributed by atoms with Gasteiger partial charge in [0.15, 0.2) is 0 Å². The third-order valence-corrected chi connectivity index (χ3v) is 3.96. The lowest BCUT2D eigenvalue weighted by Crippen LogP contribution is -2.41. The van der Waals surface area contributed by atoms with Crippen molar-refractivity contribution in [2.45, 2.75) is 76.3 Å². The highest BCUT2D eigenvalue weighted by Crippen LogP contribution is 2.20. The van der Waals surface area contributed by atoms with Gasteiger partial charge in [0.25, 0.3) is 0 Å². The molecule has 0 aromatic heterocycles. The van der Waals surface area contributed by atoms with Gasteiger partial charge in [-0.2, -0.15) is 0 Å². The highest BCUT2D eigenvalue weighted by atomic mass is 16.6. The minimum absolute atomic E-state index is 0.269. The molecule has 0 aromatic carbocycles. The van der Waals surface area contributed by atoms with E-state index in [1.165, 1.54) is 25.7 Å². The average molecular weight is 316 g/mol. The van der Waals surface area contributed by atoms with Gasteiger partial charge in [-0.05, 0) is 25.7 Å². The molecule has 3 N–H and O–H groups in total.